The molecule has 3 aliphatic rings. The number of fused-ring (bicyclic) bond motifs is 1. The van der Waals surface area contributed by atoms with Crippen LogP contribution < -0.4 is 16.0 Å². The molecule has 170 valence electrons. The molecule has 1 aromatic rings. The van der Waals surface area contributed by atoms with Crippen LogP contribution >= 0.6 is 0 Å². The molecule has 1 atom stereocenters. The molecule has 1 unspecified atom stereocenters. The second-order valence-corrected chi connectivity index (χ2v) is 8.41. The number of anilines is 1. The van der Waals surface area contributed by atoms with Crippen LogP contribution in [0.5, 0.6) is 0 Å². The average molecular weight is 444 g/mol. The third kappa shape index (κ3) is 3.96. The number of carbonyl (C=O) groups excluding carboxylic acids is 5. The number of imide groups is 2. The molecule has 0 bridgehead atoms. The zero-order valence-electron chi connectivity index (χ0n) is 17.7. The van der Waals surface area contributed by atoms with Crippen LogP contribution in [0.2, 0.25) is 0 Å². The number of amides is 5. The summed E-state index contributed by atoms with van der Waals surface area (Å²) in [4.78, 5) is 62.0. The Morgan fingerprint density at radius 1 is 1.06 bits per heavy atom. The Labute approximate surface area is 184 Å². The molecule has 1 aliphatic carbocycles. The highest BCUT2D eigenvalue weighted by molar-refractivity contribution is 6.23. The zero-order chi connectivity index (χ0) is 23.0. The molecule has 1 aromatic carbocycles. The van der Waals surface area contributed by atoms with Crippen LogP contribution in [-0.4, -0.2) is 53.1 Å². The van der Waals surface area contributed by atoms with Gasteiger partial charge >= 0.3 is 0 Å². The van der Waals surface area contributed by atoms with Gasteiger partial charge in [-0.1, -0.05) is 0 Å². The predicted octanol–water partition coefficient (Wildman–Crippen LogP) is 1.33. The van der Waals surface area contributed by atoms with Gasteiger partial charge in [0.05, 0.1) is 16.8 Å². The van der Waals surface area contributed by atoms with Gasteiger partial charge in [-0.3, -0.25) is 34.2 Å². The summed E-state index contributed by atoms with van der Waals surface area (Å²) in [5, 5.41) is 8.06. The quantitative estimate of drug-likeness (QED) is 0.589. The SMILES string of the molecule is CCNC(=O)[C@H]1CC[C@H](Nc2cc3c(cc2F)C(=O)N(C2CCC(=O)NC2=O)C3=O)CC1. The Morgan fingerprint density at radius 2 is 1.72 bits per heavy atom. The molecule has 32 heavy (non-hydrogen) atoms. The zero-order valence-corrected chi connectivity index (χ0v) is 17.7. The number of piperidine rings is 1. The number of halogens is 1. The second kappa shape index (κ2) is 8.68. The minimum absolute atomic E-state index is 0.0178. The van der Waals surface area contributed by atoms with Crippen molar-refractivity contribution in [1.82, 2.24) is 15.5 Å². The molecule has 3 N–H and O–H groups in total. The van der Waals surface area contributed by atoms with Gasteiger partial charge in [-0.15, -0.1) is 0 Å². The summed E-state index contributed by atoms with van der Waals surface area (Å²) >= 11 is 0. The first-order valence-corrected chi connectivity index (χ1v) is 10.9. The van der Waals surface area contributed by atoms with Crippen molar-refractivity contribution in [2.24, 2.45) is 5.92 Å². The van der Waals surface area contributed by atoms with Crippen LogP contribution in [0.25, 0.3) is 0 Å². The number of hydrogen-bond donors (Lipinski definition) is 3. The van der Waals surface area contributed by atoms with Gasteiger partial charge in [0, 0.05) is 24.9 Å². The lowest BCUT2D eigenvalue weighted by Crippen LogP contribution is -2.54. The Balaban J connectivity index is 1.48. The van der Waals surface area contributed by atoms with E-state index in [1.165, 1.54) is 6.07 Å². The third-order valence-electron chi connectivity index (χ3n) is 6.34. The molecule has 9 nitrogen and oxygen atoms in total. The summed E-state index contributed by atoms with van der Waals surface area (Å²) < 4.78 is 14.8. The maximum atomic E-state index is 14.8. The fourth-order valence-electron chi connectivity index (χ4n) is 4.64. The first-order valence-electron chi connectivity index (χ1n) is 10.9. The van der Waals surface area contributed by atoms with Gasteiger partial charge in [-0.2, -0.15) is 0 Å². The minimum atomic E-state index is -1.09. The van der Waals surface area contributed by atoms with Crippen molar-refractivity contribution in [1.29, 1.82) is 0 Å². The molecule has 0 spiro atoms. The van der Waals surface area contributed by atoms with Crippen molar-refractivity contribution < 1.29 is 28.4 Å². The molecule has 2 heterocycles. The van der Waals surface area contributed by atoms with E-state index in [9.17, 15) is 28.4 Å². The number of benzene rings is 1. The molecule has 2 fully saturated rings. The molecular formula is C22H25FN4O5. The lowest BCUT2D eigenvalue weighted by molar-refractivity contribution is -0.136. The van der Waals surface area contributed by atoms with Gasteiger partial charge in [0.25, 0.3) is 11.8 Å². The monoisotopic (exact) mass is 444 g/mol. The number of nitrogens with one attached hydrogen (secondary N) is 3. The van der Waals surface area contributed by atoms with E-state index in [0.29, 0.717) is 32.2 Å². The van der Waals surface area contributed by atoms with Gasteiger partial charge in [-0.05, 0) is 51.2 Å². The van der Waals surface area contributed by atoms with Crippen molar-refractivity contribution >= 4 is 35.2 Å². The lowest BCUT2D eigenvalue weighted by atomic mass is 9.85. The topological polar surface area (TPSA) is 125 Å². The Bertz CT molecular complexity index is 1000. The molecule has 4 rings (SSSR count). The van der Waals surface area contributed by atoms with Crippen LogP contribution in [0.1, 0.15) is 66.2 Å². The minimum Gasteiger partial charge on any atom is -0.380 e. The lowest BCUT2D eigenvalue weighted by Gasteiger charge is -2.29. The van der Waals surface area contributed by atoms with E-state index in [4.69, 9.17) is 0 Å². The van der Waals surface area contributed by atoms with E-state index in [-0.39, 0.29) is 47.5 Å². The molecular weight excluding hydrogens is 419 g/mol. The van der Waals surface area contributed by atoms with Crippen molar-refractivity contribution in [3.05, 3.63) is 29.1 Å². The first-order chi connectivity index (χ1) is 15.3. The fraction of sp³-hybridized carbons (Fsp3) is 0.500. The molecule has 0 radical (unpaired) electrons. The Morgan fingerprint density at radius 3 is 2.34 bits per heavy atom. The van der Waals surface area contributed by atoms with Gasteiger partial charge in [0.2, 0.25) is 17.7 Å². The number of carbonyl (C=O) groups is 5. The maximum absolute atomic E-state index is 14.8. The molecule has 1 saturated carbocycles. The fourth-order valence-corrected chi connectivity index (χ4v) is 4.64. The summed E-state index contributed by atoms with van der Waals surface area (Å²) in [6, 6.07) is 1.17. The number of hydrogen-bond acceptors (Lipinski definition) is 6. The largest absolute Gasteiger partial charge is 0.380 e. The van der Waals surface area contributed by atoms with Crippen LogP contribution in [0.3, 0.4) is 0 Å². The number of nitrogens with zero attached hydrogens (tertiary/aromatic N) is 1. The highest BCUT2D eigenvalue weighted by Gasteiger charge is 2.45. The molecule has 1 saturated heterocycles. The highest BCUT2D eigenvalue weighted by atomic mass is 19.1. The van der Waals surface area contributed by atoms with E-state index in [0.717, 1.165) is 11.0 Å². The van der Waals surface area contributed by atoms with Gasteiger partial charge in [-0.25, -0.2) is 4.39 Å². The highest BCUT2D eigenvalue weighted by Crippen LogP contribution is 2.33. The molecule has 5 amide bonds. The Hall–Kier alpha value is -3.30. The average Bonchev–Trinajstić information content (AvgIpc) is 2.99. The van der Waals surface area contributed by atoms with E-state index in [2.05, 4.69) is 16.0 Å². The smallest absolute Gasteiger partial charge is 0.262 e. The van der Waals surface area contributed by atoms with E-state index in [1.54, 1.807) is 0 Å². The standard InChI is InChI=1S/C22H25FN4O5/c1-2-24-19(29)11-3-5-12(6-4-11)25-16-10-14-13(9-15(16)23)21(31)27(22(14)32)17-7-8-18(28)26-20(17)30/h9-12,17,25H,2-8H2,1H3,(H,24,29)(H,26,28,30)/t11-,12-,17?. The van der Waals surface area contributed by atoms with Crippen molar-refractivity contribution in [3.8, 4) is 0 Å². The summed E-state index contributed by atoms with van der Waals surface area (Å²) in [5.41, 5.74) is 0.0405. The van der Waals surface area contributed by atoms with Crippen LogP contribution in [0.4, 0.5) is 10.1 Å². The van der Waals surface area contributed by atoms with E-state index in [1.807, 2.05) is 6.92 Å². The van der Waals surface area contributed by atoms with Crippen molar-refractivity contribution in [2.75, 3.05) is 11.9 Å². The first kappa shape index (κ1) is 21.9. The van der Waals surface area contributed by atoms with E-state index >= 15 is 0 Å². The van der Waals surface area contributed by atoms with Gasteiger partial charge < -0.3 is 10.6 Å². The van der Waals surface area contributed by atoms with Gasteiger partial charge in [0.1, 0.15) is 11.9 Å². The normalized spacial score (nSPS) is 25.4. The second-order valence-electron chi connectivity index (χ2n) is 8.41. The summed E-state index contributed by atoms with van der Waals surface area (Å²) in [6.45, 7) is 2.45. The van der Waals surface area contributed by atoms with Crippen LogP contribution in [-0.2, 0) is 14.4 Å². The van der Waals surface area contributed by atoms with Gasteiger partial charge in [0.15, 0.2) is 0 Å². The number of rotatable bonds is 5. The predicted molar refractivity (Wildman–Crippen MR) is 111 cm³/mol. The molecule has 10 heteroatoms. The van der Waals surface area contributed by atoms with Crippen molar-refractivity contribution in [2.45, 2.75) is 57.5 Å². The van der Waals surface area contributed by atoms with Crippen LogP contribution in [0, 0.1) is 11.7 Å². The summed E-state index contributed by atoms with van der Waals surface area (Å²) in [7, 11) is 0. The van der Waals surface area contributed by atoms with Crippen molar-refractivity contribution in [3.63, 3.8) is 0 Å². The maximum Gasteiger partial charge on any atom is 0.262 e. The molecule has 0 aromatic heterocycles. The summed E-state index contributed by atoms with van der Waals surface area (Å²) in [6.07, 6.45) is 2.76. The third-order valence-corrected chi connectivity index (χ3v) is 6.34. The molecule has 2 aliphatic heterocycles. The Kier molecular flexibility index (Phi) is 5.94. The van der Waals surface area contributed by atoms with E-state index < -0.39 is 35.5 Å². The van der Waals surface area contributed by atoms with Crippen LogP contribution in [0.15, 0.2) is 12.1 Å². The summed E-state index contributed by atoms with van der Waals surface area (Å²) in [5.74, 6) is -3.28.